The molecular weight excluding hydrogens is 296 g/mol. The summed E-state index contributed by atoms with van der Waals surface area (Å²) in [6, 6.07) is 3.54. The topological polar surface area (TPSA) is 90.0 Å². The molecule has 8 heteroatoms. The van der Waals surface area contributed by atoms with Crippen LogP contribution in [-0.4, -0.2) is 18.0 Å². The first-order valence-electron chi connectivity index (χ1n) is 6.15. The molecule has 0 radical (unpaired) electrons. The molecule has 0 fully saturated rings. The van der Waals surface area contributed by atoms with Gasteiger partial charge in [-0.15, -0.1) is 11.3 Å². The smallest absolute Gasteiger partial charge is 0.260 e. The summed E-state index contributed by atoms with van der Waals surface area (Å²) in [6.07, 6.45) is 1.39. The average molecular weight is 314 g/mol. The summed E-state index contributed by atoms with van der Waals surface area (Å²) in [6.45, 7) is 3.94. The maximum Gasteiger partial charge on any atom is 0.260 e. The third-order valence-electron chi connectivity index (χ3n) is 2.96. The molecule has 2 aromatic heterocycles. The molecule has 6 nitrogen and oxygen atoms in total. The van der Waals surface area contributed by atoms with E-state index in [9.17, 15) is 8.42 Å². The molecule has 0 spiro atoms. The zero-order chi connectivity index (χ0) is 14.9. The third kappa shape index (κ3) is 2.87. The largest absolute Gasteiger partial charge is 0.381 e. The Morgan fingerprint density at radius 1 is 1.45 bits per heavy atom. The normalized spacial score (nSPS) is 13.8. The second kappa shape index (κ2) is 5.55. The SMILES string of the molecule is CC(C)C(NS(=O)(=O)c1c(N)ncn1C)c1cccs1. The minimum absolute atomic E-state index is 0.000272. The Kier molecular flexibility index (Phi) is 4.17. The highest BCUT2D eigenvalue weighted by Gasteiger charge is 2.28. The van der Waals surface area contributed by atoms with Crippen molar-refractivity contribution in [2.75, 3.05) is 5.73 Å². The summed E-state index contributed by atoms with van der Waals surface area (Å²) in [7, 11) is -2.11. The number of nitrogens with one attached hydrogen (secondary N) is 1. The van der Waals surface area contributed by atoms with Crippen LogP contribution >= 0.6 is 11.3 Å². The summed E-state index contributed by atoms with van der Waals surface area (Å²) < 4.78 is 29.1. The first-order chi connectivity index (χ1) is 9.33. The van der Waals surface area contributed by atoms with Gasteiger partial charge in [0.25, 0.3) is 10.0 Å². The van der Waals surface area contributed by atoms with E-state index in [0.717, 1.165) is 4.88 Å². The summed E-state index contributed by atoms with van der Waals surface area (Å²) >= 11 is 1.53. The lowest BCUT2D eigenvalue weighted by atomic mass is 10.0. The number of nitrogen functional groups attached to an aromatic ring is 1. The van der Waals surface area contributed by atoms with Crippen LogP contribution in [0.5, 0.6) is 0 Å². The van der Waals surface area contributed by atoms with E-state index in [1.807, 2.05) is 31.4 Å². The lowest BCUT2D eigenvalue weighted by Crippen LogP contribution is -2.32. The molecule has 2 rings (SSSR count). The number of thiophene rings is 1. The van der Waals surface area contributed by atoms with Gasteiger partial charge in [-0.1, -0.05) is 19.9 Å². The number of aryl methyl sites for hydroxylation is 1. The van der Waals surface area contributed by atoms with Crippen LogP contribution in [0.25, 0.3) is 0 Å². The van der Waals surface area contributed by atoms with Gasteiger partial charge in [-0.25, -0.2) is 18.1 Å². The Morgan fingerprint density at radius 2 is 2.15 bits per heavy atom. The van der Waals surface area contributed by atoms with E-state index in [-0.39, 0.29) is 22.8 Å². The minimum atomic E-state index is -3.72. The monoisotopic (exact) mass is 314 g/mol. The van der Waals surface area contributed by atoms with Crippen molar-refractivity contribution in [3.05, 3.63) is 28.7 Å². The number of hydrogen-bond donors (Lipinski definition) is 2. The Morgan fingerprint density at radius 3 is 2.60 bits per heavy atom. The van der Waals surface area contributed by atoms with Crippen molar-refractivity contribution >= 4 is 27.2 Å². The minimum Gasteiger partial charge on any atom is -0.381 e. The number of imidazole rings is 1. The molecular formula is C12H18N4O2S2. The molecule has 1 atom stereocenters. The Balaban J connectivity index is 2.36. The maximum atomic E-state index is 12.5. The van der Waals surface area contributed by atoms with Gasteiger partial charge in [0, 0.05) is 11.9 Å². The molecule has 0 saturated carbocycles. The van der Waals surface area contributed by atoms with Crippen molar-refractivity contribution in [2.45, 2.75) is 24.9 Å². The van der Waals surface area contributed by atoms with Crippen LogP contribution in [0.2, 0.25) is 0 Å². The molecule has 110 valence electrons. The molecule has 0 amide bonds. The number of rotatable bonds is 5. The van der Waals surface area contributed by atoms with Gasteiger partial charge in [0.1, 0.15) is 0 Å². The van der Waals surface area contributed by atoms with Gasteiger partial charge in [0.2, 0.25) is 0 Å². The Hall–Kier alpha value is -1.38. The highest BCUT2D eigenvalue weighted by atomic mass is 32.2. The van der Waals surface area contributed by atoms with Gasteiger partial charge in [-0.05, 0) is 17.4 Å². The molecule has 1 unspecified atom stereocenters. The summed E-state index contributed by atoms with van der Waals surface area (Å²) in [5, 5.41) is 1.93. The van der Waals surface area contributed by atoms with E-state index >= 15 is 0 Å². The van der Waals surface area contributed by atoms with Gasteiger partial charge >= 0.3 is 0 Å². The van der Waals surface area contributed by atoms with Crippen LogP contribution in [0.1, 0.15) is 24.8 Å². The second-order valence-electron chi connectivity index (χ2n) is 4.90. The summed E-state index contributed by atoms with van der Waals surface area (Å²) in [4.78, 5) is 4.80. The molecule has 2 heterocycles. The molecule has 0 saturated heterocycles. The zero-order valence-corrected chi connectivity index (χ0v) is 13.2. The number of anilines is 1. The first-order valence-corrected chi connectivity index (χ1v) is 8.51. The third-order valence-corrected chi connectivity index (χ3v) is 5.49. The highest BCUT2D eigenvalue weighted by molar-refractivity contribution is 7.89. The van der Waals surface area contributed by atoms with Gasteiger partial charge in [-0.3, -0.25) is 0 Å². The fourth-order valence-corrected chi connectivity index (χ4v) is 4.60. The van der Waals surface area contributed by atoms with Gasteiger partial charge < -0.3 is 10.3 Å². The van der Waals surface area contributed by atoms with Crippen LogP contribution in [-0.2, 0) is 17.1 Å². The number of nitrogens with zero attached hydrogens (tertiary/aromatic N) is 2. The molecule has 0 aliphatic rings. The number of nitrogens with two attached hydrogens (primary N) is 1. The lowest BCUT2D eigenvalue weighted by molar-refractivity contribution is 0.466. The molecule has 2 aromatic rings. The Bertz CT molecular complexity index is 655. The van der Waals surface area contributed by atoms with Crippen molar-refractivity contribution in [2.24, 2.45) is 13.0 Å². The fraction of sp³-hybridized carbons (Fsp3) is 0.417. The van der Waals surface area contributed by atoms with Crippen molar-refractivity contribution in [3.63, 3.8) is 0 Å². The second-order valence-corrected chi connectivity index (χ2v) is 7.51. The Labute approximate surface area is 122 Å². The lowest BCUT2D eigenvalue weighted by Gasteiger charge is -2.21. The molecule has 3 N–H and O–H groups in total. The first kappa shape index (κ1) is 15.0. The summed E-state index contributed by atoms with van der Waals surface area (Å²) in [5.74, 6) is 0.131. The van der Waals surface area contributed by atoms with E-state index < -0.39 is 10.0 Å². The molecule has 0 bridgehead atoms. The number of hydrogen-bond acceptors (Lipinski definition) is 5. The van der Waals surface area contributed by atoms with E-state index in [0.29, 0.717) is 0 Å². The van der Waals surface area contributed by atoms with Crippen molar-refractivity contribution in [1.82, 2.24) is 14.3 Å². The van der Waals surface area contributed by atoms with Crippen LogP contribution < -0.4 is 10.5 Å². The van der Waals surface area contributed by atoms with Crippen molar-refractivity contribution < 1.29 is 8.42 Å². The quantitative estimate of drug-likeness (QED) is 0.879. The molecule has 0 aromatic carbocycles. The van der Waals surface area contributed by atoms with Gasteiger partial charge in [-0.2, -0.15) is 0 Å². The van der Waals surface area contributed by atoms with Crippen LogP contribution in [0.15, 0.2) is 28.9 Å². The highest BCUT2D eigenvalue weighted by Crippen LogP contribution is 2.28. The predicted octanol–water partition coefficient (Wildman–Crippen LogP) is 1.74. The molecule has 20 heavy (non-hydrogen) atoms. The van der Waals surface area contributed by atoms with Crippen molar-refractivity contribution in [1.29, 1.82) is 0 Å². The van der Waals surface area contributed by atoms with Crippen molar-refractivity contribution in [3.8, 4) is 0 Å². The fourth-order valence-electron chi connectivity index (χ4n) is 1.98. The predicted molar refractivity (Wildman–Crippen MR) is 79.8 cm³/mol. The van der Waals surface area contributed by atoms with E-state index in [1.165, 1.54) is 22.2 Å². The van der Waals surface area contributed by atoms with Gasteiger partial charge in [0.15, 0.2) is 10.8 Å². The molecule has 0 aliphatic heterocycles. The number of aromatic nitrogens is 2. The van der Waals surface area contributed by atoms with Crippen LogP contribution in [0.3, 0.4) is 0 Å². The maximum absolute atomic E-state index is 12.5. The van der Waals surface area contributed by atoms with E-state index in [4.69, 9.17) is 5.73 Å². The van der Waals surface area contributed by atoms with Gasteiger partial charge in [0.05, 0.1) is 12.4 Å². The van der Waals surface area contributed by atoms with E-state index in [2.05, 4.69) is 9.71 Å². The molecule has 0 aliphatic carbocycles. The summed E-state index contributed by atoms with van der Waals surface area (Å²) in [5.41, 5.74) is 5.65. The zero-order valence-electron chi connectivity index (χ0n) is 11.6. The van der Waals surface area contributed by atoms with Crippen LogP contribution in [0.4, 0.5) is 5.82 Å². The number of sulfonamides is 1. The average Bonchev–Trinajstić information content (AvgIpc) is 2.96. The van der Waals surface area contributed by atoms with Crippen LogP contribution in [0, 0.1) is 5.92 Å². The van der Waals surface area contributed by atoms with E-state index in [1.54, 1.807) is 7.05 Å². The standard InChI is InChI=1S/C12H18N4O2S2/c1-8(2)10(9-5-4-6-19-9)15-20(17,18)12-11(13)14-7-16(12)3/h4-8,10,15H,13H2,1-3H3.